The zero-order chi connectivity index (χ0) is 27.4. The Morgan fingerprint density at radius 2 is 1.72 bits per heavy atom. The van der Waals surface area contributed by atoms with Crippen LogP contribution in [-0.4, -0.2) is 94.2 Å². The molecule has 0 aliphatic carbocycles. The molecule has 2 aromatic carbocycles. The molecule has 0 unspecified atom stereocenters. The first-order valence-corrected chi connectivity index (χ1v) is 14.5. The zero-order valence-corrected chi connectivity index (χ0v) is 23.5. The molecule has 208 valence electrons. The third kappa shape index (κ3) is 6.20. The number of anilines is 5. The molecule has 0 radical (unpaired) electrons. The maximum Gasteiger partial charge on any atom is 0.245 e. The van der Waals surface area contributed by atoms with E-state index in [0.29, 0.717) is 56.5 Å². The number of hydrogen-bond acceptors (Lipinski definition) is 10. The lowest BCUT2D eigenvalue weighted by molar-refractivity contribution is 0.122. The van der Waals surface area contributed by atoms with Gasteiger partial charge in [-0.25, -0.2) is 13.4 Å². The summed E-state index contributed by atoms with van der Waals surface area (Å²) >= 11 is 6.42. The fraction of sp³-hybridized carbons (Fsp3) is 0.385. The number of likely N-dealkylation sites (N-methyl/N-ethyl adjacent to an activating group) is 1. The normalized spacial score (nSPS) is 17.2. The lowest BCUT2D eigenvalue weighted by atomic mass is 10.2. The van der Waals surface area contributed by atoms with Gasteiger partial charge < -0.3 is 29.9 Å². The van der Waals surface area contributed by atoms with Gasteiger partial charge >= 0.3 is 0 Å². The topological polar surface area (TPSA) is 112 Å². The zero-order valence-electron chi connectivity index (χ0n) is 21.9. The molecule has 2 aliphatic rings. The highest BCUT2D eigenvalue weighted by atomic mass is 35.5. The van der Waals surface area contributed by atoms with E-state index in [-0.39, 0.29) is 21.7 Å². The molecule has 2 fully saturated rings. The number of piperazine rings is 1. The van der Waals surface area contributed by atoms with Crippen molar-refractivity contribution >= 4 is 50.5 Å². The summed E-state index contributed by atoms with van der Waals surface area (Å²) in [4.78, 5) is 13.4. The predicted octanol–water partition coefficient (Wildman–Crippen LogP) is 3.40. The molecule has 11 nitrogen and oxygen atoms in total. The maximum absolute atomic E-state index is 13.5. The lowest BCUT2D eigenvalue weighted by Gasteiger charge is -2.32. The molecular formula is C26H32ClN7O4S. The number of aromatic nitrogens is 2. The Balaban J connectivity index is 1.37. The summed E-state index contributed by atoms with van der Waals surface area (Å²) in [5, 5.41) is 6.55. The number of sulfonamides is 1. The van der Waals surface area contributed by atoms with Crippen LogP contribution in [0.25, 0.3) is 0 Å². The van der Waals surface area contributed by atoms with Gasteiger partial charge in [-0.15, -0.1) is 0 Å². The summed E-state index contributed by atoms with van der Waals surface area (Å²) < 4.78 is 39.5. The molecule has 39 heavy (non-hydrogen) atoms. The van der Waals surface area contributed by atoms with Crippen molar-refractivity contribution in [3.05, 3.63) is 53.7 Å². The van der Waals surface area contributed by atoms with Gasteiger partial charge in [0.2, 0.25) is 16.0 Å². The van der Waals surface area contributed by atoms with Gasteiger partial charge in [0.05, 0.1) is 37.9 Å². The second-order valence-electron chi connectivity index (χ2n) is 9.33. The number of morpholine rings is 1. The summed E-state index contributed by atoms with van der Waals surface area (Å²) in [6.07, 6.45) is 1.46. The number of para-hydroxylation sites is 1. The van der Waals surface area contributed by atoms with Gasteiger partial charge in [0.15, 0.2) is 5.82 Å². The van der Waals surface area contributed by atoms with E-state index in [4.69, 9.17) is 21.1 Å². The van der Waals surface area contributed by atoms with Crippen LogP contribution in [0, 0.1) is 0 Å². The minimum absolute atomic E-state index is 0.166. The van der Waals surface area contributed by atoms with Gasteiger partial charge in [-0.05, 0) is 31.3 Å². The Hall–Kier alpha value is -3.16. The number of nitrogens with one attached hydrogen (secondary N) is 2. The van der Waals surface area contributed by atoms with Crippen LogP contribution >= 0.6 is 11.6 Å². The van der Waals surface area contributed by atoms with Crippen molar-refractivity contribution in [3.63, 3.8) is 0 Å². The van der Waals surface area contributed by atoms with Crippen LogP contribution in [0.15, 0.2) is 53.6 Å². The first-order chi connectivity index (χ1) is 18.8. The third-order valence-electron chi connectivity index (χ3n) is 6.77. The first kappa shape index (κ1) is 27.4. The van der Waals surface area contributed by atoms with E-state index in [9.17, 15) is 8.42 Å². The molecule has 0 amide bonds. The summed E-state index contributed by atoms with van der Waals surface area (Å²) in [5.41, 5.74) is 2.11. The molecule has 5 rings (SSSR count). The first-order valence-electron chi connectivity index (χ1n) is 12.7. The van der Waals surface area contributed by atoms with E-state index in [2.05, 4.69) is 30.4 Å². The number of ether oxygens (including phenoxy) is 2. The average molecular weight is 574 g/mol. The van der Waals surface area contributed by atoms with E-state index in [0.717, 1.165) is 18.8 Å². The van der Waals surface area contributed by atoms with Gasteiger partial charge in [-0.3, -0.25) is 0 Å². The number of rotatable bonds is 8. The fourth-order valence-corrected chi connectivity index (χ4v) is 6.23. The molecule has 0 bridgehead atoms. The minimum atomic E-state index is -3.72. The fourth-order valence-electron chi connectivity index (χ4n) is 4.53. The van der Waals surface area contributed by atoms with Crippen molar-refractivity contribution < 1.29 is 17.9 Å². The average Bonchev–Trinajstić information content (AvgIpc) is 2.96. The van der Waals surface area contributed by atoms with E-state index >= 15 is 0 Å². The summed E-state index contributed by atoms with van der Waals surface area (Å²) in [7, 11) is -0.126. The monoisotopic (exact) mass is 573 g/mol. The lowest BCUT2D eigenvalue weighted by Crippen LogP contribution is -2.47. The van der Waals surface area contributed by atoms with Crippen LogP contribution in [0.5, 0.6) is 5.75 Å². The van der Waals surface area contributed by atoms with Crippen LogP contribution in [0.1, 0.15) is 0 Å². The number of nitrogens with zero attached hydrogens (tertiary/aromatic N) is 5. The Morgan fingerprint density at radius 1 is 0.974 bits per heavy atom. The number of halogens is 1. The van der Waals surface area contributed by atoms with Gasteiger partial charge in [0.25, 0.3) is 0 Å². The van der Waals surface area contributed by atoms with Crippen molar-refractivity contribution in [1.29, 1.82) is 0 Å². The van der Waals surface area contributed by atoms with Crippen LogP contribution in [0.2, 0.25) is 5.02 Å². The standard InChI is InChI=1S/C26H32ClN7O4S/c1-32-9-11-34(12-10-32)39(35,36)24-6-4-3-5-22(24)29-25-20(27)18-28-26(31-25)30-21-8-7-19(17-23(21)37-2)33-13-15-38-16-14-33/h3-8,17-18H,9-16H2,1-2H3,(H2,28,29,30,31). The van der Waals surface area contributed by atoms with E-state index in [1.807, 2.05) is 25.2 Å². The Kier molecular flexibility index (Phi) is 8.38. The van der Waals surface area contributed by atoms with E-state index in [1.54, 1.807) is 31.4 Å². The number of methoxy groups -OCH3 is 1. The molecule has 0 saturated carbocycles. The van der Waals surface area contributed by atoms with Crippen LogP contribution in [0.3, 0.4) is 0 Å². The van der Waals surface area contributed by atoms with Crippen molar-refractivity contribution in [2.45, 2.75) is 4.90 Å². The van der Waals surface area contributed by atoms with Gasteiger partial charge in [-0.2, -0.15) is 9.29 Å². The molecule has 0 atom stereocenters. The number of benzene rings is 2. The van der Waals surface area contributed by atoms with Crippen molar-refractivity contribution in [1.82, 2.24) is 19.2 Å². The highest BCUT2D eigenvalue weighted by Crippen LogP contribution is 2.34. The quantitative estimate of drug-likeness (QED) is 0.416. The number of hydrogen-bond donors (Lipinski definition) is 2. The van der Waals surface area contributed by atoms with Crippen LogP contribution < -0.4 is 20.3 Å². The Labute approximate surface area is 233 Å². The van der Waals surface area contributed by atoms with Gasteiger partial charge in [0, 0.05) is 51.0 Å². The second kappa shape index (κ2) is 11.9. The van der Waals surface area contributed by atoms with Crippen LogP contribution in [0.4, 0.5) is 28.8 Å². The highest BCUT2D eigenvalue weighted by Gasteiger charge is 2.29. The largest absolute Gasteiger partial charge is 0.494 e. The molecule has 3 heterocycles. The van der Waals surface area contributed by atoms with Crippen molar-refractivity contribution in [2.24, 2.45) is 0 Å². The highest BCUT2D eigenvalue weighted by molar-refractivity contribution is 7.89. The maximum atomic E-state index is 13.5. The molecule has 0 spiro atoms. The molecule has 3 aromatic rings. The molecule has 13 heteroatoms. The second-order valence-corrected chi connectivity index (χ2v) is 11.6. The summed E-state index contributed by atoms with van der Waals surface area (Å²) in [6.45, 7) is 5.24. The third-order valence-corrected chi connectivity index (χ3v) is 9.01. The molecule has 1 aromatic heterocycles. The van der Waals surface area contributed by atoms with Crippen molar-refractivity contribution in [2.75, 3.05) is 82.2 Å². The van der Waals surface area contributed by atoms with Gasteiger partial charge in [-0.1, -0.05) is 23.7 Å². The van der Waals surface area contributed by atoms with Crippen molar-refractivity contribution in [3.8, 4) is 5.75 Å². The van der Waals surface area contributed by atoms with E-state index < -0.39 is 10.0 Å². The minimum Gasteiger partial charge on any atom is -0.494 e. The molecule has 2 N–H and O–H groups in total. The van der Waals surface area contributed by atoms with Gasteiger partial charge in [0.1, 0.15) is 15.7 Å². The smallest absolute Gasteiger partial charge is 0.245 e. The molecular weight excluding hydrogens is 542 g/mol. The summed E-state index contributed by atoms with van der Waals surface area (Å²) in [6, 6.07) is 12.6. The molecule has 2 aliphatic heterocycles. The van der Waals surface area contributed by atoms with E-state index in [1.165, 1.54) is 10.5 Å². The Bertz CT molecular complexity index is 1410. The summed E-state index contributed by atoms with van der Waals surface area (Å²) in [5.74, 6) is 1.19. The Morgan fingerprint density at radius 3 is 2.46 bits per heavy atom. The SMILES string of the molecule is COc1cc(N2CCOCC2)ccc1Nc1ncc(Cl)c(Nc2ccccc2S(=O)(=O)N2CCN(C)CC2)n1. The predicted molar refractivity (Wildman–Crippen MR) is 152 cm³/mol. The van der Waals surface area contributed by atoms with Crippen LogP contribution in [-0.2, 0) is 14.8 Å². The molecule has 2 saturated heterocycles.